The average molecular weight is 226 g/mol. The van der Waals surface area contributed by atoms with Gasteiger partial charge in [0.15, 0.2) is 0 Å². The Kier molecular flexibility index (Phi) is 3.96. The zero-order valence-electron chi connectivity index (χ0n) is 8.62. The van der Waals surface area contributed by atoms with Crippen molar-refractivity contribution < 1.29 is 18.7 Å². The van der Waals surface area contributed by atoms with Crippen LogP contribution < -0.4 is 11.1 Å². The Morgan fingerprint density at radius 2 is 2.19 bits per heavy atom. The largest absolute Gasteiger partial charge is 0.465 e. The molecule has 1 amide bonds. The number of nitrogens with two attached hydrogens (primary N) is 1. The molecule has 0 unspecified atom stereocenters. The van der Waals surface area contributed by atoms with E-state index in [9.17, 15) is 14.0 Å². The van der Waals surface area contributed by atoms with E-state index < -0.39 is 17.7 Å². The van der Waals surface area contributed by atoms with Crippen molar-refractivity contribution in [3.8, 4) is 0 Å². The summed E-state index contributed by atoms with van der Waals surface area (Å²) in [4.78, 5) is 22.1. The number of amides is 1. The zero-order chi connectivity index (χ0) is 12.1. The Morgan fingerprint density at radius 3 is 2.75 bits per heavy atom. The quantitative estimate of drug-likeness (QED) is 0.736. The highest BCUT2D eigenvalue weighted by atomic mass is 19.1. The molecule has 1 aromatic rings. The van der Waals surface area contributed by atoms with E-state index in [0.29, 0.717) is 0 Å². The Balaban J connectivity index is 2.99. The first-order valence-corrected chi connectivity index (χ1v) is 4.46. The highest BCUT2D eigenvalue weighted by molar-refractivity contribution is 5.95. The van der Waals surface area contributed by atoms with E-state index in [4.69, 9.17) is 5.73 Å². The van der Waals surface area contributed by atoms with Gasteiger partial charge in [-0.3, -0.25) is 4.79 Å². The number of anilines is 1. The fraction of sp³-hybridized carbons (Fsp3) is 0.200. The Bertz CT molecular complexity index is 421. The van der Waals surface area contributed by atoms with E-state index in [-0.39, 0.29) is 17.8 Å². The number of methoxy groups -OCH3 is 1. The van der Waals surface area contributed by atoms with E-state index in [1.807, 2.05) is 0 Å². The predicted octanol–water partition coefficient (Wildman–Crippen LogP) is 0.510. The van der Waals surface area contributed by atoms with Gasteiger partial charge >= 0.3 is 5.97 Å². The molecule has 0 aliphatic carbocycles. The van der Waals surface area contributed by atoms with Crippen LogP contribution in [0.4, 0.5) is 10.1 Å². The molecule has 86 valence electrons. The Morgan fingerprint density at radius 1 is 1.50 bits per heavy atom. The first-order valence-electron chi connectivity index (χ1n) is 4.46. The first-order chi connectivity index (χ1) is 7.58. The molecule has 0 heterocycles. The molecule has 0 aromatic heterocycles. The van der Waals surface area contributed by atoms with Crippen LogP contribution in [0.15, 0.2) is 18.2 Å². The lowest BCUT2D eigenvalue weighted by molar-refractivity contribution is -0.114. The maximum Gasteiger partial charge on any atom is 0.337 e. The van der Waals surface area contributed by atoms with Crippen molar-refractivity contribution in [2.24, 2.45) is 5.73 Å². The molecule has 6 heteroatoms. The summed E-state index contributed by atoms with van der Waals surface area (Å²) in [6.45, 7) is -0.262. The molecule has 5 nitrogen and oxygen atoms in total. The summed E-state index contributed by atoms with van der Waals surface area (Å²) >= 11 is 0. The van der Waals surface area contributed by atoms with E-state index in [1.54, 1.807) is 0 Å². The molecule has 0 saturated heterocycles. The van der Waals surface area contributed by atoms with Gasteiger partial charge in [0, 0.05) is 0 Å². The predicted molar refractivity (Wildman–Crippen MR) is 55.4 cm³/mol. The van der Waals surface area contributed by atoms with Crippen molar-refractivity contribution in [2.45, 2.75) is 0 Å². The lowest BCUT2D eigenvalue weighted by Crippen LogP contribution is -2.22. The fourth-order valence-corrected chi connectivity index (χ4v) is 1.07. The second-order valence-electron chi connectivity index (χ2n) is 2.94. The second kappa shape index (κ2) is 5.22. The number of hydrogen-bond acceptors (Lipinski definition) is 4. The monoisotopic (exact) mass is 226 g/mol. The third-order valence-corrected chi connectivity index (χ3v) is 1.85. The van der Waals surface area contributed by atoms with E-state index in [1.165, 1.54) is 19.2 Å². The van der Waals surface area contributed by atoms with E-state index in [2.05, 4.69) is 10.1 Å². The molecule has 0 saturated carbocycles. The van der Waals surface area contributed by atoms with Crippen LogP contribution in [-0.4, -0.2) is 25.5 Å². The fourth-order valence-electron chi connectivity index (χ4n) is 1.07. The Labute approximate surface area is 91.4 Å². The smallest absolute Gasteiger partial charge is 0.337 e. The van der Waals surface area contributed by atoms with E-state index in [0.717, 1.165) is 6.07 Å². The minimum atomic E-state index is -0.644. The molecule has 0 spiro atoms. The summed E-state index contributed by atoms with van der Waals surface area (Å²) in [7, 11) is 1.21. The third kappa shape index (κ3) is 2.77. The molecule has 0 radical (unpaired) electrons. The third-order valence-electron chi connectivity index (χ3n) is 1.85. The van der Waals surface area contributed by atoms with Gasteiger partial charge in [0.2, 0.25) is 5.91 Å². The number of ether oxygens (including phenoxy) is 1. The van der Waals surface area contributed by atoms with Crippen LogP contribution in [0.2, 0.25) is 0 Å². The number of rotatable bonds is 3. The number of nitrogens with one attached hydrogen (secondary N) is 1. The number of benzene rings is 1. The maximum absolute atomic E-state index is 13.2. The Hall–Kier alpha value is -1.95. The lowest BCUT2D eigenvalue weighted by Gasteiger charge is -2.06. The minimum Gasteiger partial charge on any atom is -0.465 e. The van der Waals surface area contributed by atoms with Gasteiger partial charge in [-0.15, -0.1) is 0 Å². The zero-order valence-corrected chi connectivity index (χ0v) is 8.62. The number of esters is 1. The number of hydrogen-bond donors (Lipinski definition) is 2. The highest BCUT2D eigenvalue weighted by Crippen LogP contribution is 2.16. The summed E-state index contributed by atoms with van der Waals surface area (Å²) in [6, 6.07) is 3.52. The number of halogens is 1. The molecule has 1 rings (SSSR count). The van der Waals surface area contributed by atoms with Crippen molar-refractivity contribution in [2.75, 3.05) is 19.0 Å². The summed E-state index contributed by atoms with van der Waals surface area (Å²) in [5.74, 6) is -1.79. The van der Waals surface area contributed by atoms with Gasteiger partial charge in [-0.2, -0.15) is 0 Å². The summed E-state index contributed by atoms with van der Waals surface area (Å²) in [6.07, 6.45) is 0. The molecule has 0 atom stereocenters. The lowest BCUT2D eigenvalue weighted by atomic mass is 10.2. The topological polar surface area (TPSA) is 81.4 Å². The van der Waals surface area contributed by atoms with Crippen LogP contribution in [0.5, 0.6) is 0 Å². The highest BCUT2D eigenvalue weighted by Gasteiger charge is 2.11. The van der Waals surface area contributed by atoms with Crippen LogP contribution in [-0.2, 0) is 9.53 Å². The van der Waals surface area contributed by atoms with Crippen LogP contribution in [0, 0.1) is 5.82 Å². The van der Waals surface area contributed by atoms with Crippen LogP contribution in [0.1, 0.15) is 10.4 Å². The summed E-state index contributed by atoms with van der Waals surface area (Å²) < 4.78 is 17.7. The van der Waals surface area contributed by atoms with Gasteiger partial charge in [0.1, 0.15) is 5.82 Å². The SMILES string of the molecule is COC(=O)c1ccc(F)c(NC(=O)CN)c1. The number of carbonyl (C=O) groups is 2. The molecular weight excluding hydrogens is 215 g/mol. The molecule has 0 fully saturated rings. The molecule has 0 aliphatic rings. The van der Waals surface area contributed by atoms with Gasteiger partial charge in [0.05, 0.1) is 24.9 Å². The van der Waals surface area contributed by atoms with Crippen LogP contribution in [0.25, 0.3) is 0 Å². The molecule has 0 bridgehead atoms. The minimum absolute atomic E-state index is 0.0987. The van der Waals surface area contributed by atoms with Crippen molar-refractivity contribution in [3.63, 3.8) is 0 Å². The summed E-state index contributed by atoms with van der Waals surface area (Å²) in [5.41, 5.74) is 5.12. The van der Waals surface area contributed by atoms with Gasteiger partial charge in [-0.05, 0) is 18.2 Å². The molecule has 0 aliphatic heterocycles. The van der Waals surface area contributed by atoms with Crippen molar-refractivity contribution in [1.29, 1.82) is 0 Å². The normalized spacial score (nSPS) is 9.69. The van der Waals surface area contributed by atoms with Gasteiger partial charge in [0.25, 0.3) is 0 Å². The van der Waals surface area contributed by atoms with Crippen molar-refractivity contribution >= 4 is 17.6 Å². The van der Waals surface area contributed by atoms with Crippen molar-refractivity contribution in [1.82, 2.24) is 0 Å². The molecular formula is C10H11FN2O3. The second-order valence-corrected chi connectivity index (χ2v) is 2.94. The summed E-state index contributed by atoms with van der Waals surface area (Å²) in [5, 5.41) is 2.23. The standard InChI is InChI=1S/C10H11FN2O3/c1-16-10(15)6-2-3-7(11)8(4-6)13-9(14)5-12/h2-4H,5,12H2,1H3,(H,13,14). The molecule has 3 N–H and O–H groups in total. The molecule has 1 aromatic carbocycles. The maximum atomic E-state index is 13.2. The number of carbonyl (C=O) groups excluding carboxylic acids is 2. The molecule has 16 heavy (non-hydrogen) atoms. The van der Waals surface area contributed by atoms with Gasteiger partial charge in [-0.25, -0.2) is 9.18 Å². The van der Waals surface area contributed by atoms with Crippen LogP contribution in [0.3, 0.4) is 0 Å². The van der Waals surface area contributed by atoms with Gasteiger partial charge in [-0.1, -0.05) is 0 Å². The average Bonchev–Trinajstić information content (AvgIpc) is 2.30. The van der Waals surface area contributed by atoms with E-state index >= 15 is 0 Å². The van der Waals surface area contributed by atoms with Crippen LogP contribution >= 0.6 is 0 Å². The van der Waals surface area contributed by atoms with Gasteiger partial charge < -0.3 is 15.8 Å². The first kappa shape index (κ1) is 12.1. The van der Waals surface area contributed by atoms with Crippen molar-refractivity contribution in [3.05, 3.63) is 29.6 Å².